The third-order valence-corrected chi connectivity index (χ3v) is 3.87. The molecule has 1 heterocycles. The van der Waals surface area contributed by atoms with Crippen molar-refractivity contribution >= 4 is 52.8 Å². The van der Waals surface area contributed by atoms with Gasteiger partial charge in [-0.25, -0.2) is 4.79 Å². The smallest absolute Gasteiger partial charge is 0.341 e. The predicted molar refractivity (Wildman–Crippen MR) is 114 cm³/mol. The zero-order chi connectivity index (χ0) is 21.1. The van der Waals surface area contributed by atoms with Gasteiger partial charge in [0.15, 0.2) is 11.8 Å². The van der Waals surface area contributed by atoms with Gasteiger partial charge in [0.25, 0.3) is 0 Å². The SMILES string of the molecule is CCNc1nc(NC(C)C)nc(SC)n1.O=C(O)COc1ccc(Cl)cc1Cl. The molecule has 28 heavy (non-hydrogen) atoms. The van der Waals surface area contributed by atoms with E-state index in [2.05, 4.69) is 39.4 Å². The van der Waals surface area contributed by atoms with E-state index in [4.69, 9.17) is 33.0 Å². The lowest BCUT2D eigenvalue weighted by molar-refractivity contribution is -0.139. The van der Waals surface area contributed by atoms with Gasteiger partial charge in [0.05, 0.1) is 5.02 Å². The lowest BCUT2D eigenvalue weighted by Crippen LogP contribution is -2.15. The van der Waals surface area contributed by atoms with Gasteiger partial charge >= 0.3 is 5.97 Å². The second-order valence-electron chi connectivity index (χ2n) is 5.56. The third kappa shape index (κ3) is 9.29. The van der Waals surface area contributed by atoms with Gasteiger partial charge in [0.2, 0.25) is 11.9 Å². The van der Waals surface area contributed by atoms with Crippen LogP contribution in [-0.2, 0) is 4.79 Å². The maximum atomic E-state index is 10.2. The summed E-state index contributed by atoms with van der Waals surface area (Å²) >= 11 is 12.8. The number of aromatic nitrogens is 3. The highest BCUT2D eigenvalue weighted by Gasteiger charge is 2.06. The largest absolute Gasteiger partial charge is 0.480 e. The van der Waals surface area contributed by atoms with Crippen LogP contribution < -0.4 is 15.4 Å². The summed E-state index contributed by atoms with van der Waals surface area (Å²) < 4.78 is 4.86. The minimum absolute atomic E-state index is 0.300. The second-order valence-corrected chi connectivity index (χ2v) is 7.17. The Labute approximate surface area is 178 Å². The van der Waals surface area contributed by atoms with Crippen LogP contribution in [0.5, 0.6) is 5.75 Å². The van der Waals surface area contributed by atoms with Crippen molar-refractivity contribution in [3.8, 4) is 5.75 Å². The standard InChI is InChI=1S/C9H17N5S.C8H6Cl2O3/c1-5-10-7-12-8(11-6(2)3)14-9(13-7)15-4;9-5-1-2-7(6(10)3-5)13-4-8(11)12/h6H,5H2,1-4H3,(H2,10,11,12,13,14);1-3H,4H2,(H,11,12). The third-order valence-electron chi connectivity index (χ3n) is 2.80. The number of nitrogens with one attached hydrogen (secondary N) is 2. The Balaban J connectivity index is 0.000000283. The van der Waals surface area contributed by atoms with Crippen molar-refractivity contribution in [1.82, 2.24) is 15.0 Å². The van der Waals surface area contributed by atoms with Gasteiger partial charge in [-0.05, 0) is 45.2 Å². The average Bonchev–Trinajstić information content (AvgIpc) is 2.61. The minimum atomic E-state index is -1.05. The van der Waals surface area contributed by atoms with Crippen LogP contribution in [0.1, 0.15) is 20.8 Å². The van der Waals surface area contributed by atoms with Gasteiger partial charge in [-0.3, -0.25) is 0 Å². The number of aliphatic carboxylic acids is 1. The van der Waals surface area contributed by atoms with Gasteiger partial charge in [-0.2, -0.15) is 15.0 Å². The highest BCUT2D eigenvalue weighted by molar-refractivity contribution is 7.98. The molecule has 154 valence electrons. The first-order chi connectivity index (χ1) is 13.2. The van der Waals surface area contributed by atoms with Crippen LogP contribution in [0, 0.1) is 0 Å². The fraction of sp³-hybridized carbons (Fsp3) is 0.412. The number of carbonyl (C=O) groups is 1. The Morgan fingerprint density at radius 1 is 1.25 bits per heavy atom. The van der Waals surface area contributed by atoms with Crippen LogP contribution in [0.25, 0.3) is 0 Å². The quantitative estimate of drug-likeness (QED) is 0.509. The zero-order valence-electron chi connectivity index (χ0n) is 16.0. The Morgan fingerprint density at radius 2 is 1.93 bits per heavy atom. The van der Waals surface area contributed by atoms with E-state index in [1.54, 1.807) is 6.07 Å². The summed E-state index contributed by atoms with van der Waals surface area (Å²) in [6.45, 7) is 6.50. The molecule has 0 amide bonds. The van der Waals surface area contributed by atoms with Crippen molar-refractivity contribution in [3.05, 3.63) is 28.2 Å². The van der Waals surface area contributed by atoms with E-state index in [9.17, 15) is 4.79 Å². The average molecular weight is 448 g/mol. The molecule has 8 nitrogen and oxygen atoms in total. The maximum absolute atomic E-state index is 10.2. The normalized spacial score (nSPS) is 10.1. The van der Waals surface area contributed by atoms with E-state index < -0.39 is 12.6 Å². The number of carboxylic acids is 1. The van der Waals surface area contributed by atoms with Crippen molar-refractivity contribution in [2.24, 2.45) is 0 Å². The van der Waals surface area contributed by atoms with Gasteiger partial charge in [-0.15, -0.1) is 0 Å². The van der Waals surface area contributed by atoms with Crippen LogP contribution in [0.15, 0.2) is 23.4 Å². The summed E-state index contributed by atoms with van der Waals surface area (Å²) in [5.74, 6) is 0.514. The molecule has 0 aliphatic rings. The molecule has 3 N–H and O–H groups in total. The first-order valence-corrected chi connectivity index (χ1v) is 10.3. The lowest BCUT2D eigenvalue weighted by atomic mass is 10.3. The Bertz CT molecular complexity index is 780. The van der Waals surface area contributed by atoms with Crippen LogP contribution in [0.2, 0.25) is 10.0 Å². The number of rotatable bonds is 8. The molecular formula is C17H23Cl2N5O3S. The molecule has 0 unspecified atom stereocenters. The van der Waals surface area contributed by atoms with Gasteiger partial charge in [0, 0.05) is 17.6 Å². The number of ether oxygens (including phenoxy) is 1. The van der Waals surface area contributed by atoms with Crippen molar-refractivity contribution in [1.29, 1.82) is 0 Å². The topological polar surface area (TPSA) is 109 Å². The molecule has 2 rings (SSSR count). The summed E-state index contributed by atoms with van der Waals surface area (Å²) in [5, 5.41) is 16.1. The fourth-order valence-corrected chi connectivity index (χ4v) is 2.56. The summed E-state index contributed by atoms with van der Waals surface area (Å²) in [5.41, 5.74) is 0. The first kappa shape index (κ1) is 24.1. The van der Waals surface area contributed by atoms with Crippen LogP contribution in [0.4, 0.5) is 11.9 Å². The molecule has 0 bridgehead atoms. The highest BCUT2D eigenvalue weighted by Crippen LogP contribution is 2.27. The number of hydrogen-bond donors (Lipinski definition) is 3. The molecule has 0 saturated heterocycles. The Morgan fingerprint density at radius 3 is 2.46 bits per heavy atom. The predicted octanol–water partition coefficient (Wildman–Crippen LogP) is 4.30. The van der Waals surface area contributed by atoms with Gasteiger partial charge in [0.1, 0.15) is 5.75 Å². The maximum Gasteiger partial charge on any atom is 0.341 e. The monoisotopic (exact) mass is 447 g/mol. The molecule has 0 saturated carbocycles. The molecule has 0 fully saturated rings. The molecular weight excluding hydrogens is 425 g/mol. The molecule has 0 radical (unpaired) electrons. The zero-order valence-corrected chi connectivity index (χ0v) is 18.3. The van der Waals surface area contributed by atoms with E-state index in [-0.39, 0.29) is 0 Å². The lowest BCUT2D eigenvalue weighted by Gasteiger charge is -2.10. The minimum Gasteiger partial charge on any atom is -0.480 e. The van der Waals surface area contributed by atoms with E-state index in [0.717, 1.165) is 11.7 Å². The second kappa shape index (κ2) is 12.5. The Kier molecular flexibility index (Phi) is 10.7. The van der Waals surface area contributed by atoms with E-state index in [0.29, 0.717) is 33.7 Å². The number of thioether (sulfide) groups is 1. The summed E-state index contributed by atoms with van der Waals surface area (Å²) in [4.78, 5) is 22.9. The molecule has 1 aromatic carbocycles. The van der Waals surface area contributed by atoms with Crippen molar-refractivity contribution in [3.63, 3.8) is 0 Å². The summed E-state index contributed by atoms with van der Waals surface area (Å²) in [6.07, 6.45) is 1.95. The molecule has 11 heteroatoms. The van der Waals surface area contributed by atoms with Crippen LogP contribution in [-0.4, -0.2) is 51.5 Å². The summed E-state index contributed by atoms with van der Waals surface area (Å²) in [6, 6.07) is 4.90. The number of anilines is 2. The molecule has 0 spiro atoms. The highest BCUT2D eigenvalue weighted by atomic mass is 35.5. The van der Waals surface area contributed by atoms with Crippen LogP contribution in [0.3, 0.4) is 0 Å². The molecule has 0 atom stereocenters. The molecule has 1 aromatic heterocycles. The molecule has 2 aromatic rings. The van der Waals surface area contributed by atoms with E-state index in [1.165, 1.54) is 23.9 Å². The fourth-order valence-electron chi connectivity index (χ4n) is 1.74. The van der Waals surface area contributed by atoms with E-state index >= 15 is 0 Å². The number of hydrogen-bond acceptors (Lipinski definition) is 8. The number of carboxylic acid groups (broad SMARTS) is 1. The number of halogens is 2. The first-order valence-electron chi connectivity index (χ1n) is 8.35. The van der Waals surface area contributed by atoms with Crippen molar-refractivity contribution < 1.29 is 14.6 Å². The summed E-state index contributed by atoms with van der Waals surface area (Å²) in [7, 11) is 0. The number of nitrogens with zero attached hydrogens (tertiary/aromatic N) is 3. The van der Waals surface area contributed by atoms with Crippen molar-refractivity contribution in [2.75, 3.05) is 30.0 Å². The Hall–Kier alpha value is -1.97. The molecule has 0 aliphatic heterocycles. The molecule has 0 aliphatic carbocycles. The van der Waals surface area contributed by atoms with E-state index in [1.807, 2.05) is 13.2 Å². The number of benzene rings is 1. The van der Waals surface area contributed by atoms with Gasteiger partial charge < -0.3 is 20.5 Å². The van der Waals surface area contributed by atoms with Crippen LogP contribution >= 0.6 is 35.0 Å². The van der Waals surface area contributed by atoms with Crippen molar-refractivity contribution in [2.45, 2.75) is 32.0 Å². The van der Waals surface area contributed by atoms with Gasteiger partial charge in [-0.1, -0.05) is 35.0 Å².